The molecule has 3 heterocycles. The van der Waals surface area contributed by atoms with Crippen molar-refractivity contribution in [2.75, 3.05) is 18.1 Å². The second-order valence-corrected chi connectivity index (χ2v) is 9.42. The van der Waals surface area contributed by atoms with Gasteiger partial charge in [-0.2, -0.15) is 15.3 Å². The molecule has 1 aliphatic rings. The standard InChI is InChI=1S/C28H28FN7O2/c1-19(13-14-29)28(37)35(15-4-2-3-8-26-32-27(34-38-26)20-9-10-20)22-7-5-6-21(16-22)24-11-12-25-31-18-23(17-30)36(25)33-24/h5-7,11-12,16,18,20H,1-4,8-10,13-15H2. The average molecular weight is 514 g/mol. The molecule has 1 aromatic carbocycles. The first-order valence-electron chi connectivity index (χ1n) is 12.8. The first-order chi connectivity index (χ1) is 18.6. The maximum absolute atomic E-state index is 13.2. The van der Waals surface area contributed by atoms with E-state index in [1.807, 2.05) is 30.3 Å². The number of fused-ring (bicyclic) bond motifs is 1. The van der Waals surface area contributed by atoms with Crippen molar-refractivity contribution < 1.29 is 13.7 Å². The predicted molar refractivity (Wildman–Crippen MR) is 139 cm³/mol. The van der Waals surface area contributed by atoms with Gasteiger partial charge >= 0.3 is 0 Å². The number of rotatable bonds is 12. The first kappa shape index (κ1) is 25.3. The smallest absolute Gasteiger partial charge is 0.253 e. The van der Waals surface area contributed by atoms with Crippen LogP contribution in [0.4, 0.5) is 10.1 Å². The summed E-state index contributed by atoms with van der Waals surface area (Å²) >= 11 is 0. The van der Waals surface area contributed by atoms with Crippen LogP contribution in [0, 0.1) is 11.3 Å². The Balaban J connectivity index is 1.29. The molecule has 0 spiro atoms. The molecular formula is C28H28FN7O2. The summed E-state index contributed by atoms with van der Waals surface area (Å²) in [5.41, 5.74) is 3.22. The number of halogens is 1. The minimum atomic E-state index is -0.637. The third-order valence-electron chi connectivity index (χ3n) is 6.57. The summed E-state index contributed by atoms with van der Waals surface area (Å²) in [6.07, 6.45) is 6.89. The molecule has 10 heteroatoms. The van der Waals surface area contributed by atoms with Crippen LogP contribution < -0.4 is 4.90 Å². The predicted octanol–water partition coefficient (Wildman–Crippen LogP) is 5.19. The van der Waals surface area contributed by atoms with E-state index in [-0.39, 0.29) is 17.9 Å². The summed E-state index contributed by atoms with van der Waals surface area (Å²) in [6.45, 7) is 3.63. The van der Waals surface area contributed by atoms with E-state index < -0.39 is 6.67 Å². The van der Waals surface area contributed by atoms with E-state index in [4.69, 9.17) is 4.52 Å². The lowest BCUT2D eigenvalue weighted by Gasteiger charge is -2.24. The average Bonchev–Trinajstić information content (AvgIpc) is 3.54. The maximum atomic E-state index is 13.2. The third-order valence-corrected chi connectivity index (χ3v) is 6.57. The van der Waals surface area contributed by atoms with Crippen molar-refractivity contribution in [3.63, 3.8) is 0 Å². The number of benzene rings is 1. The van der Waals surface area contributed by atoms with E-state index in [0.717, 1.165) is 43.5 Å². The van der Waals surface area contributed by atoms with Crippen molar-refractivity contribution >= 4 is 17.2 Å². The lowest BCUT2D eigenvalue weighted by atomic mass is 10.1. The van der Waals surface area contributed by atoms with Crippen LogP contribution in [0.3, 0.4) is 0 Å². The van der Waals surface area contributed by atoms with Crippen LogP contribution in [0.25, 0.3) is 16.9 Å². The Morgan fingerprint density at radius 2 is 2.11 bits per heavy atom. The van der Waals surface area contributed by atoms with E-state index in [1.165, 1.54) is 10.7 Å². The van der Waals surface area contributed by atoms with Crippen molar-refractivity contribution in [1.82, 2.24) is 24.7 Å². The van der Waals surface area contributed by atoms with Crippen LogP contribution in [0.15, 0.2) is 59.3 Å². The lowest BCUT2D eigenvalue weighted by Crippen LogP contribution is -2.33. The molecule has 0 unspecified atom stereocenters. The fourth-order valence-corrected chi connectivity index (χ4v) is 4.30. The number of amides is 1. The zero-order chi connectivity index (χ0) is 26.5. The van der Waals surface area contributed by atoms with Gasteiger partial charge in [-0.3, -0.25) is 9.18 Å². The van der Waals surface area contributed by atoms with Gasteiger partial charge in [0.05, 0.1) is 18.6 Å². The number of alkyl halides is 1. The van der Waals surface area contributed by atoms with Gasteiger partial charge in [0.25, 0.3) is 5.91 Å². The van der Waals surface area contributed by atoms with Crippen molar-refractivity contribution in [3.8, 4) is 17.3 Å². The molecule has 1 aliphatic carbocycles. The van der Waals surface area contributed by atoms with Crippen molar-refractivity contribution in [2.24, 2.45) is 0 Å². The normalized spacial score (nSPS) is 12.9. The van der Waals surface area contributed by atoms with Gasteiger partial charge in [0.1, 0.15) is 6.07 Å². The van der Waals surface area contributed by atoms with Crippen LogP contribution >= 0.6 is 0 Å². The Morgan fingerprint density at radius 3 is 2.89 bits per heavy atom. The molecule has 38 heavy (non-hydrogen) atoms. The van der Waals surface area contributed by atoms with Gasteiger partial charge in [-0.15, -0.1) is 0 Å². The highest BCUT2D eigenvalue weighted by Crippen LogP contribution is 2.38. The number of imidazole rings is 1. The molecular weight excluding hydrogens is 485 g/mol. The molecule has 0 N–H and O–H groups in total. The summed E-state index contributed by atoms with van der Waals surface area (Å²) in [5.74, 6) is 1.64. The number of carbonyl (C=O) groups excluding carboxylic acids is 1. The van der Waals surface area contributed by atoms with Gasteiger partial charge in [-0.25, -0.2) is 9.50 Å². The maximum Gasteiger partial charge on any atom is 0.253 e. The molecule has 3 aromatic heterocycles. The summed E-state index contributed by atoms with van der Waals surface area (Å²) in [7, 11) is 0. The minimum absolute atomic E-state index is 0.00863. The van der Waals surface area contributed by atoms with Crippen molar-refractivity contribution in [2.45, 2.75) is 50.9 Å². The molecule has 1 fully saturated rings. The fraction of sp³-hybridized carbons (Fsp3) is 0.357. The molecule has 1 amide bonds. The minimum Gasteiger partial charge on any atom is -0.339 e. The van der Waals surface area contributed by atoms with Crippen molar-refractivity contribution in [3.05, 3.63) is 72.2 Å². The zero-order valence-electron chi connectivity index (χ0n) is 21.0. The number of nitriles is 1. The Morgan fingerprint density at radius 1 is 1.24 bits per heavy atom. The number of aromatic nitrogens is 5. The number of anilines is 1. The molecule has 1 saturated carbocycles. The Kier molecular flexibility index (Phi) is 7.54. The number of aryl methyl sites for hydroxylation is 1. The van der Waals surface area contributed by atoms with E-state index in [2.05, 4.69) is 32.9 Å². The monoisotopic (exact) mass is 513 g/mol. The molecule has 0 bridgehead atoms. The second-order valence-electron chi connectivity index (χ2n) is 9.42. The van der Waals surface area contributed by atoms with Gasteiger partial charge in [-0.05, 0) is 49.9 Å². The van der Waals surface area contributed by atoms with Gasteiger partial charge in [0.15, 0.2) is 17.2 Å². The Labute approximate surface area is 219 Å². The van der Waals surface area contributed by atoms with Gasteiger partial charge in [0.2, 0.25) is 5.89 Å². The molecule has 0 saturated heterocycles. The quantitative estimate of drug-likeness (QED) is 0.189. The number of hydrogen-bond acceptors (Lipinski definition) is 7. The van der Waals surface area contributed by atoms with Gasteiger partial charge in [0, 0.05) is 42.1 Å². The highest BCUT2D eigenvalue weighted by atomic mass is 19.1. The molecule has 0 aliphatic heterocycles. The molecule has 4 aromatic rings. The molecule has 0 atom stereocenters. The van der Waals surface area contributed by atoms with Crippen LogP contribution in [0.5, 0.6) is 0 Å². The van der Waals surface area contributed by atoms with Crippen LogP contribution in [0.2, 0.25) is 0 Å². The lowest BCUT2D eigenvalue weighted by molar-refractivity contribution is -0.115. The van der Waals surface area contributed by atoms with E-state index in [9.17, 15) is 14.4 Å². The summed E-state index contributed by atoms with van der Waals surface area (Å²) in [6, 6.07) is 13.1. The largest absolute Gasteiger partial charge is 0.339 e. The van der Waals surface area contributed by atoms with Crippen LogP contribution in [-0.4, -0.2) is 43.9 Å². The number of nitrogens with zero attached hydrogens (tertiary/aromatic N) is 7. The van der Waals surface area contributed by atoms with Crippen molar-refractivity contribution in [1.29, 1.82) is 5.26 Å². The van der Waals surface area contributed by atoms with E-state index in [1.54, 1.807) is 11.0 Å². The Bertz CT molecular complexity index is 1500. The molecule has 9 nitrogen and oxygen atoms in total. The number of unbranched alkanes of at least 4 members (excludes halogenated alkanes) is 2. The van der Waals surface area contributed by atoms with E-state index >= 15 is 0 Å². The fourth-order valence-electron chi connectivity index (χ4n) is 4.30. The second kappa shape index (κ2) is 11.3. The number of hydrogen-bond donors (Lipinski definition) is 0. The van der Waals surface area contributed by atoms with Crippen LogP contribution in [0.1, 0.15) is 61.9 Å². The van der Waals surface area contributed by atoms with E-state index in [0.29, 0.717) is 47.5 Å². The summed E-state index contributed by atoms with van der Waals surface area (Å²) < 4.78 is 19.8. The van der Waals surface area contributed by atoms with Crippen LogP contribution in [-0.2, 0) is 11.2 Å². The summed E-state index contributed by atoms with van der Waals surface area (Å²) in [4.78, 5) is 23.5. The van der Waals surface area contributed by atoms with Gasteiger partial charge < -0.3 is 9.42 Å². The molecule has 194 valence electrons. The first-order valence-corrected chi connectivity index (χ1v) is 12.8. The number of carbonyl (C=O) groups is 1. The summed E-state index contributed by atoms with van der Waals surface area (Å²) in [5, 5.41) is 17.9. The third kappa shape index (κ3) is 5.62. The Hall–Kier alpha value is -4.39. The highest BCUT2D eigenvalue weighted by molar-refractivity contribution is 6.05. The SMILES string of the molecule is C=C(CCF)C(=O)N(CCCCCc1nc(C2CC2)no1)c1cccc(-c2ccc3ncc(C#N)n3n2)c1. The zero-order valence-corrected chi connectivity index (χ0v) is 21.0. The molecule has 5 rings (SSSR count). The topological polar surface area (TPSA) is 113 Å². The highest BCUT2D eigenvalue weighted by Gasteiger charge is 2.28. The molecule has 0 radical (unpaired) electrons. The van der Waals surface area contributed by atoms with Gasteiger partial charge in [-0.1, -0.05) is 30.3 Å².